The molecule has 3 N–H and O–H groups in total. The van der Waals surface area contributed by atoms with Crippen LogP contribution in [0.1, 0.15) is 34.3 Å². The highest BCUT2D eigenvalue weighted by Gasteiger charge is 2.23. The van der Waals surface area contributed by atoms with Gasteiger partial charge in [-0.3, -0.25) is 19.7 Å². The highest BCUT2D eigenvalue weighted by atomic mass is 16.5. The molecule has 0 aliphatic rings. The lowest BCUT2D eigenvalue weighted by molar-refractivity contribution is -0.131. The Morgan fingerprint density at radius 3 is 2.25 bits per heavy atom. The number of benzene rings is 2. The van der Waals surface area contributed by atoms with Crippen molar-refractivity contribution in [3.8, 4) is 11.8 Å². The van der Waals surface area contributed by atoms with Gasteiger partial charge in [-0.1, -0.05) is 42.2 Å². The van der Waals surface area contributed by atoms with Crippen LogP contribution in [0.3, 0.4) is 0 Å². The van der Waals surface area contributed by atoms with E-state index in [0.717, 1.165) is 24.0 Å². The van der Waals surface area contributed by atoms with Crippen molar-refractivity contribution in [3.63, 3.8) is 0 Å². The third-order valence-electron chi connectivity index (χ3n) is 4.71. The van der Waals surface area contributed by atoms with E-state index < -0.39 is 17.9 Å². The second-order valence-electron chi connectivity index (χ2n) is 7.17. The smallest absolute Gasteiger partial charge is 0.267 e. The Labute approximate surface area is 189 Å². The lowest BCUT2D eigenvalue weighted by Crippen LogP contribution is -2.52. The minimum absolute atomic E-state index is 0.238. The molecule has 0 heterocycles. The number of rotatable bonds is 11. The number of allylic oxidation sites excluding steroid dienone is 1. The fourth-order valence-electron chi connectivity index (χ4n) is 3.04. The third kappa shape index (κ3) is 8.23. The van der Waals surface area contributed by atoms with E-state index in [1.807, 2.05) is 41.3 Å². The summed E-state index contributed by atoms with van der Waals surface area (Å²) in [5.74, 6) is 5.04. The summed E-state index contributed by atoms with van der Waals surface area (Å²) in [6.07, 6.45) is 5.28. The van der Waals surface area contributed by atoms with Crippen LogP contribution in [0.4, 0.5) is 0 Å². The second-order valence-corrected chi connectivity index (χ2v) is 7.17. The van der Waals surface area contributed by atoms with Gasteiger partial charge >= 0.3 is 0 Å². The molecule has 32 heavy (non-hydrogen) atoms. The number of hydroxylamine groups is 1. The Hall–Kier alpha value is -3.66. The zero-order valence-electron chi connectivity index (χ0n) is 18.1. The molecule has 0 fully saturated rings. The Morgan fingerprint density at radius 1 is 1.00 bits per heavy atom. The highest BCUT2D eigenvalue weighted by Crippen LogP contribution is 2.06. The van der Waals surface area contributed by atoms with Crippen molar-refractivity contribution in [1.29, 1.82) is 0 Å². The van der Waals surface area contributed by atoms with Crippen LogP contribution in [-0.4, -0.2) is 47.6 Å². The quantitative estimate of drug-likeness (QED) is 0.168. The molecular weight excluding hydrogens is 402 g/mol. The summed E-state index contributed by atoms with van der Waals surface area (Å²) in [5.41, 5.74) is 3.71. The second kappa shape index (κ2) is 13.6. The Bertz CT molecular complexity index is 959. The van der Waals surface area contributed by atoms with Crippen LogP contribution in [-0.2, 0) is 4.79 Å². The van der Waals surface area contributed by atoms with E-state index in [0.29, 0.717) is 18.7 Å². The molecule has 2 rings (SSSR count). The average molecular weight is 432 g/mol. The number of nitrogens with one attached hydrogen (secondary N) is 2. The maximum Gasteiger partial charge on any atom is 0.267 e. The molecule has 1 atom stereocenters. The van der Waals surface area contributed by atoms with Crippen LogP contribution >= 0.6 is 0 Å². The zero-order chi connectivity index (χ0) is 23.2. The molecule has 0 aliphatic carbocycles. The van der Waals surface area contributed by atoms with Crippen molar-refractivity contribution in [2.45, 2.75) is 18.9 Å². The summed E-state index contributed by atoms with van der Waals surface area (Å²) in [5, 5.41) is 11.8. The summed E-state index contributed by atoms with van der Waals surface area (Å²) in [6.45, 7) is 8.95. The lowest BCUT2D eigenvalue weighted by Gasteiger charge is -2.26. The van der Waals surface area contributed by atoms with E-state index in [1.165, 1.54) is 0 Å². The van der Waals surface area contributed by atoms with Gasteiger partial charge in [0.1, 0.15) is 6.04 Å². The first-order valence-corrected chi connectivity index (χ1v) is 10.4. The SMILES string of the molecule is C=CCCCN(CC=C)C[C@H](NC(=O)c1ccc(C#Cc2ccccc2)cc1)C(=O)NO. The largest absolute Gasteiger partial charge is 0.339 e. The number of unbranched alkanes of at least 4 members (excludes halogenated alkanes) is 1. The van der Waals surface area contributed by atoms with Gasteiger partial charge in [-0.15, -0.1) is 13.2 Å². The topological polar surface area (TPSA) is 81.7 Å². The van der Waals surface area contributed by atoms with Gasteiger partial charge in [0.2, 0.25) is 0 Å². The summed E-state index contributed by atoms with van der Waals surface area (Å²) in [7, 11) is 0. The predicted molar refractivity (Wildman–Crippen MR) is 126 cm³/mol. The lowest BCUT2D eigenvalue weighted by atomic mass is 10.1. The van der Waals surface area contributed by atoms with Gasteiger partial charge in [0.15, 0.2) is 0 Å². The molecule has 6 nitrogen and oxygen atoms in total. The van der Waals surface area contributed by atoms with E-state index >= 15 is 0 Å². The van der Waals surface area contributed by atoms with E-state index in [2.05, 4.69) is 30.3 Å². The number of nitrogens with zero attached hydrogens (tertiary/aromatic N) is 1. The van der Waals surface area contributed by atoms with Gasteiger partial charge in [0.25, 0.3) is 11.8 Å². The standard InChI is InChI=1S/C26H29N3O3/c1-3-5-9-19-29(18-4-2)20-24(26(31)28-32)27-25(30)23-16-14-22(15-17-23)13-12-21-10-7-6-8-11-21/h3-4,6-8,10-11,14-17,24,32H,1-2,5,9,18-20H2,(H,27,30)(H,28,31)/t24-/m0/s1. The molecule has 2 aromatic rings. The van der Waals surface area contributed by atoms with Crippen molar-refractivity contribution in [1.82, 2.24) is 15.7 Å². The van der Waals surface area contributed by atoms with Crippen LogP contribution in [0.25, 0.3) is 0 Å². The molecule has 2 aromatic carbocycles. The molecule has 0 saturated heterocycles. The van der Waals surface area contributed by atoms with Gasteiger partial charge in [-0.2, -0.15) is 0 Å². The highest BCUT2D eigenvalue weighted by molar-refractivity contribution is 5.97. The third-order valence-corrected chi connectivity index (χ3v) is 4.71. The molecule has 166 valence electrons. The number of carbonyl (C=O) groups is 2. The normalized spacial score (nSPS) is 11.1. The number of amides is 2. The van der Waals surface area contributed by atoms with Crippen LogP contribution in [0, 0.1) is 11.8 Å². The zero-order valence-corrected chi connectivity index (χ0v) is 18.1. The van der Waals surface area contributed by atoms with Crippen LogP contribution in [0.15, 0.2) is 79.9 Å². The van der Waals surface area contributed by atoms with E-state index in [9.17, 15) is 9.59 Å². The Balaban J connectivity index is 2.05. The van der Waals surface area contributed by atoms with Crippen LogP contribution in [0.5, 0.6) is 0 Å². The fraction of sp³-hybridized carbons (Fsp3) is 0.231. The average Bonchev–Trinajstić information content (AvgIpc) is 2.83. The molecule has 0 unspecified atom stereocenters. The fourth-order valence-corrected chi connectivity index (χ4v) is 3.04. The van der Waals surface area contributed by atoms with Crippen molar-refractivity contribution in [3.05, 3.63) is 96.6 Å². The molecule has 0 aromatic heterocycles. The number of hydrogen-bond acceptors (Lipinski definition) is 4. The van der Waals surface area contributed by atoms with E-state index in [4.69, 9.17) is 5.21 Å². The number of hydrogen-bond donors (Lipinski definition) is 3. The van der Waals surface area contributed by atoms with Gasteiger partial charge in [-0.05, 0) is 55.8 Å². The maximum absolute atomic E-state index is 12.7. The molecule has 0 radical (unpaired) electrons. The molecule has 0 saturated carbocycles. The van der Waals surface area contributed by atoms with Gasteiger partial charge < -0.3 is 5.32 Å². The predicted octanol–water partition coefficient (Wildman–Crippen LogP) is 3.14. The summed E-state index contributed by atoms with van der Waals surface area (Å²) in [4.78, 5) is 26.8. The first kappa shape index (κ1) is 24.6. The summed E-state index contributed by atoms with van der Waals surface area (Å²) in [6, 6.07) is 15.5. The van der Waals surface area contributed by atoms with Gasteiger partial charge in [-0.25, -0.2) is 5.48 Å². The first-order chi connectivity index (χ1) is 15.6. The molecule has 0 aliphatic heterocycles. The maximum atomic E-state index is 12.7. The van der Waals surface area contributed by atoms with Crippen molar-refractivity contribution in [2.75, 3.05) is 19.6 Å². The van der Waals surface area contributed by atoms with Crippen molar-refractivity contribution in [2.24, 2.45) is 0 Å². The molecule has 2 amide bonds. The van der Waals surface area contributed by atoms with Crippen molar-refractivity contribution < 1.29 is 14.8 Å². The monoisotopic (exact) mass is 431 g/mol. The summed E-state index contributed by atoms with van der Waals surface area (Å²) >= 11 is 0. The Kier molecular flexibility index (Phi) is 10.5. The van der Waals surface area contributed by atoms with Gasteiger partial charge in [0, 0.05) is 29.8 Å². The van der Waals surface area contributed by atoms with Crippen LogP contribution in [0.2, 0.25) is 0 Å². The molecule has 0 bridgehead atoms. The van der Waals surface area contributed by atoms with Crippen molar-refractivity contribution >= 4 is 11.8 Å². The number of carbonyl (C=O) groups excluding carboxylic acids is 2. The van der Waals surface area contributed by atoms with Crippen LogP contribution < -0.4 is 10.8 Å². The molecular formula is C26H29N3O3. The minimum atomic E-state index is -0.922. The first-order valence-electron chi connectivity index (χ1n) is 10.4. The van der Waals surface area contributed by atoms with E-state index in [1.54, 1.807) is 35.8 Å². The summed E-state index contributed by atoms with van der Waals surface area (Å²) < 4.78 is 0. The van der Waals surface area contributed by atoms with E-state index in [-0.39, 0.29) is 6.54 Å². The Morgan fingerprint density at radius 2 is 1.66 bits per heavy atom. The van der Waals surface area contributed by atoms with Gasteiger partial charge in [0.05, 0.1) is 0 Å². The molecule has 0 spiro atoms. The minimum Gasteiger partial charge on any atom is -0.339 e. The molecule has 6 heteroatoms.